The minimum absolute atomic E-state index is 0.00117. The van der Waals surface area contributed by atoms with Crippen LogP contribution in [-0.2, 0) is 37.0 Å². The first-order valence-corrected chi connectivity index (χ1v) is 14.5. The van der Waals surface area contributed by atoms with Gasteiger partial charge in [0.1, 0.15) is 5.82 Å². The highest BCUT2D eigenvalue weighted by atomic mass is 35.5. The highest BCUT2D eigenvalue weighted by Crippen LogP contribution is 2.43. The number of ether oxygens (including phenoxy) is 2. The number of hydrogen-bond acceptors (Lipinski definition) is 9. The quantitative estimate of drug-likeness (QED) is 0.316. The maximum atomic E-state index is 15.1. The number of alkyl halides is 3. The first kappa shape index (κ1) is 30.3. The van der Waals surface area contributed by atoms with E-state index in [1.807, 2.05) is 4.90 Å². The molecule has 2 aromatic heterocycles. The number of rotatable bonds is 5. The lowest BCUT2D eigenvalue weighted by atomic mass is 9.94. The standard InChI is InChI=1S/C28H30ClF4N7O4/c1-43-27-35-18-9-20(21-16(28(31,32)33)3-4-17(34)23(21)30)44-13-15(18)25(36-27)38-6-2-7-40-19(11-38)22(29)24(37-40)26(42)39-8-5-14(10-39)12-41/h3-4,14,20,41H,2,5-13,34H2,1H3. The van der Waals surface area contributed by atoms with Gasteiger partial charge in [-0.2, -0.15) is 28.2 Å². The van der Waals surface area contributed by atoms with Crippen LogP contribution < -0.4 is 15.4 Å². The van der Waals surface area contributed by atoms with E-state index in [-0.39, 0.29) is 54.7 Å². The summed E-state index contributed by atoms with van der Waals surface area (Å²) >= 11 is 6.75. The van der Waals surface area contributed by atoms with E-state index in [0.29, 0.717) is 61.8 Å². The van der Waals surface area contributed by atoms with Crippen molar-refractivity contribution >= 4 is 29.0 Å². The van der Waals surface area contributed by atoms with E-state index in [0.717, 1.165) is 12.1 Å². The molecule has 2 atom stereocenters. The van der Waals surface area contributed by atoms with Gasteiger partial charge in [0.2, 0.25) is 0 Å². The first-order valence-electron chi connectivity index (χ1n) is 14.1. The lowest BCUT2D eigenvalue weighted by molar-refractivity contribution is -0.140. The van der Waals surface area contributed by atoms with E-state index < -0.39 is 34.9 Å². The van der Waals surface area contributed by atoms with Crippen LogP contribution in [0.3, 0.4) is 0 Å². The molecule has 0 bridgehead atoms. The number of methoxy groups -OCH3 is 1. The molecule has 236 valence electrons. The molecule has 0 aliphatic carbocycles. The molecule has 6 rings (SSSR count). The highest BCUT2D eigenvalue weighted by Gasteiger charge is 2.40. The van der Waals surface area contributed by atoms with Crippen LogP contribution >= 0.6 is 11.6 Å². The summed E-state index contributed by atoms with van der Waals surface area (Å²) in [5, 5.41) is 14.2. The molecule has 3 aliphatic rings. The molecule has 0 radical (unpaired) electrons. The van der Waals surface area contributed by atoms with Crippen LogP contribution in [0, 0.1) is 11.7 Å². The van der Waals surface area contributed by atoms with Crippen molar-refractivity contribution in [2.24, 2.45) is 5.92 Å². The number of fused-ring (bicyclic) bond motifs is 2. The second-order valence-corrected chi connectivity index (χ2v) is 11.5. The number of hydrogen-bond donors (Lipinski definition) is 2. The fraction of sp³-hybridized carbons (Fsp3) is 0.500. The summed E-state index contributed by atoms with van der Waals surface area (Å²) in [5.74, 6) is -1.04. The first-order chi connectivity index (χ1) is 21.0. The molecule has 11 nitrogen and oxygen atoms in total. The number of likely N-dealkylation sites (tertiary alicyclic amines) is 1. The fourth-order valence-corrected chi connectivity index (χ4v) is 6.33. The Morgan fingerprint density at radius 1 is 1.25 bits per heavy atom. The van der Waals surface area contributed by atoms with Crippen molar-refractivity contribution in [3.8, 4) is 6.01 Å². The molecule has 0 spiro atoms. The number of benzene rings is 1. The number of carbonyl (C=O) groups is 1. The number of nitrogen functional groups attached to an aromatic ring is 1. The smallest absolute Gasteiger partial charge is 0.416 e. The van der Waals surface area contributed by atoms with Gasteiger partial charge in [-0.1, -0.05) is 11.6 Å². The van der Waals surface area contributed by atoms with Gasteiger partial charge < -0.3 is 30.1 Å². The Morgan fingerprint density at radius 3 is 2.75 bits per heavy atom. The molecule has 0 saturated carbocycles. The molecular formula is C28H30ClF4N7O4. The number of anilines is 2. The van der Waals surface area contributed by atoms with E-state index in [9.17, 15) is 23.1 Å². The van der Waals surface area contributed by atoms with Crippen molar-refractivity contribution < 1.29 is 36.9 Å². The number of amides is 1. The van der Waals surface area contributed by atoms with Gasteiger partial charge >= 0.3 is 12.2 Å². The van der Waals surface area contributed by atoms with E-state index in [2.05, 4.69) is 15.1 Å². The van der Waals surface area contributed by atoms with Crippen LogP contribution in [0.15, 0.2) is 12.1 Å². The summed E-state index contributed by atoms with van der Waals surface area (Å²) in [7, 11) is 1.37. The minimum atomic E-state index is -4.83. The second kappa shape index (κ2) is 11.7. The molecule has 3 N–H and O–H groups in total. The number of aromatic nitrogens is 4. The van der Waals surface area contributed by atoms with Gasteiger partial charge in [0.25, 0.3) is 5.91 Å². The normalized spacial score (nSPS) is 20.3. The molecule has 3 aliphatic heterocycles. The Balaban J connectivity index is 1.32. The van der Waals surface area contributed by atoms with Gasteiger partial charge in [-0.3, -0.25) is 9.48 Å². The third kappa shape index (κ3) is 5.41. The predicted octanol–water partition coefficient (Wildman–Crippen LogP) is 3.75. The summed E-state index contributed by atoms with van der Waals surface area (Å²) in [6.45, 7) is 1.95. The van der Waals surface area contributed by atoms with Crippen LogP contribution in [0.1, 0.15) is 57.5 Å². The van der Waals surface area contributed by atoms with Crippen molar-refractivity contribution in [1.82, 2.24) is 24.6 Å². The van der Waals surface area contributed by atoms with E-state index in [1.165, 1.54) is 7.11 Å². The molecule has 1 aromatic carbocycles. The molecule has 5 heterocycles. The lowest BCUT2D eigenvalue weighted by Crippen LogP contribution is -2.30. The van der Waals surface area contributed by atoms with Gasteiger partial charge in [-0.15, -0.1) is 0 Å². The van der Waals surface area contributed by atoms with Crippen molar-refractivity contribution in [2.45, 2.75) is 51.2 Å². The molecule has 1 fully saturated rings. The topological polar surface area (TPSA) is 132 Å². The van der Waals surface area contributed by atoms with Gasteiger partial charge in [0.05, 0.1) is 54.0 Å². The summed E-state index contributed by atoms with van der Waals surface area (Å²) in [5.41, 5.74) is 4.99. The zero-order valence-electron chi connectivity index (χ0n) is 23.7. The third-order valence-corrected chi connectivity index (χ3v) is 8.74. The van der Waals surface area contributed by atoms with Gasteiger partial charge in [0.15, 0.2) is 11.5 Å². The van der Waals surface area contributed by atoms with Gasteiger partial charge in [-0.05, 0) is 25.0 Å². The number of carbonyl (C=O) groups excluding carboxylic acids is 1. The number of aliphatic hydroxyl groups is 1. The number of aliphatic hydroxyl groups excluding tert-OH is 1. The number of halogens is 5. The average Bonchev–Trinajstić information content (AvgIpc) is 3.54. The SMILES string of the molecule is COc1nc2c(c(N3CCCn4nc(C(=O)N5CCC(CO)C5)c(Cl)c4C3)n1)COC(c1c(C(F)(F)F)ccc(N)c1F)C2. The summed E-state index contributed by atoms with van der Waals surface area (Å²) in [6.07, 6.45) is -5.00. The Morgan fingerprint density at radius 2 is 2.05 bits per heavy atom. The van der Waals surface area contributed by atoms with Crippen LogP contribution in [0.4, 0.5) is 29.1 Å². The van der Waals surface area contributed by atoms with Gasteiger partial charge in [0, 0.05) is 56.3 Å². The molecule has 2 unspecified atom stereocenters. The second-order valence-electron chi connectivity index (χ2n) is 11.1. The van der Waals surface area contributed by atoms with E-state index in [4.69, 9.17) is 26.8 Å². The fourth-order valence-electron chi connectivity index (χ4n) is 6.06. The summed E-state index contributed by atoms with van der Waals surface area (Å²) < 4.78 is 69.4. The Bertz CT molecular complexity index is 1600. The maximum absolute atomic E-state index is 15.1. The predicted molar refractivity (Wildman–Crippen MR) is 150 cm³/mol. The van der Waals surface area contributed by atoms with Crippen LogP contribution in [0.2, 0.25) is 5.02 Å². The minimum Gasteiger partial charge on any atom is -0.467 e. The van der Waals surface area contributed by atoms with Crippen LogP contribution in [0.25, 0.3) is 0 Å². The van der Waals surface area contributed by atoms with E-state index in [1.54, 1.807) is 9.58 Å². The summed E-state index contributed by atoms with van der Waals surface area (Å²) in [6, 6.07) is 1.61. The zero-order chi connectivity index (χ0) is 31.3. The highest BCUT2D eigenvalue weighted by molar-refractivity contribution is 6.34. The van der Waals surface area contributed by atoms with E-state index >= 15 is 4.39 Å². The molecule has 16 heteroatoms. The van der Waals surface area contributed by atoms with Crippen LogP contribution in [0.5, 0.6) is 6.01 Å². The maximum Gasteiger partial charge on any atom is 0.416 e. The molecule has 44 heavy (non-hydrogen) atoms. The number of nitrogens with two attached hydrogens (primary N) is 1. The lowest BCUT2D eigenvalue weighted by Gasteiger charge is -2.31. The Hall–Kier alpha value is -3.69. The average molecular weight is 640 g/mol. The Labute approximate surface area is 254 Å². The monoisotopic (exact) mass is 639 g/mol. The number of aryl methyl sites for hydroxylation is 1. The van der Waals surface area contributed by atoms with Crippen molar-refractivity contribution in [3.63, 3.8) is 0 Å². The Kier molecular flexibility index (Phi) is 8.05. The largest absolute Gasteiger partial charge is 0.467 e. The van der Waals surface area contributed by atoms with Crippen molar-refractivity contribution in [3.05, 3.63) is 56.7 Å². The molecule has 3 aromatic rings. The third-order valence-electron chi connectivity index (χ3n) is 8.34. The van der Waals surface area contributed by atoms with Gasteiger partial charge in [-0.25, -0.2) is 4.39 Å². The zero-order valence-corrected chi connectivity index (χ0v) is 24.5. The molecule has 1 amide bonds. The summed E-state index contributed by atoms with van der Waals surface area (Å²) in [4.78, 5) is 25.7. The molecular weight excluding hydrogens is 610 g/mol. The number of nitrogens with zero attached hydrogens (tertiary/aromatic N) is 6. The van der Waals surface area contributed by atoms with Crippen molar-refractivity contribution in [2.75, 3.05) is 44.0 Å². The molecule has 1 saturated heterocycles. The van der Waals surface area contributed by atoms with Crippen molar-refractivity contribution in [1.29, 1.82) is 0 Å². The van der Waals surface area contributed by atoms with Crippen LogP contribution in [-0.4, -0.2) is 69.0 Å².